The van der Waals surface area contributed by atoms with Crippen LogP contribution < -0.4 is 0 Å². The van der Waals surface area contributed by atoms with E-state index in [9.17, 15) is 8.42 Å². The lowest BCUT2D eigenvalue weighted by atomic mass is 10.1. The topological polar surface area (TPSA) is 34.1 Å². The number of rotatable bonds is 5. The third-order valence-electron chi connectivity index (χ3n) is 2.13. The van der Waals surface area contributed by atoms with Gasteiger partial charge in [0.2, 0.25) is 0 Å². The Morgan fingerprint density at radius 1 is 1.27 bits per heavy atom. The highest BCUT2D eigenvalue weighted by molar-refractivity contribution is 9.09. The second-order valence-corrected chi connectivity index (χ2v) is 7.02. The van der Waals surface area contributed by atoms with Crippen LogP contribution in [0.2, 0.25) is 0 Å². The average Bonchev–Trinajstić information content (AvgIpc) is 2.17. The van der Waals surface area contributed by atoms with Crippen LogP contribution in [0.4, 0.5) is 0 Å². The zero-order valence-electron chi connectivity index (χ0n) is 8.69. The first-order chi connectivity index (χ1) is 6.99. The van der Waals surface area contributed by atoms with Crippen LogP contribution in [0.1, 0.15) is 23.2 Å². The fraction of sp³-hybridized carbons (Fsp3) is 0.455. The van der Waals surface area contributed by atoms with Crippen molar-refractivity contribution in [3.63, 3.8) is 0 Å². The lowest BCUT2D eigenvalue weighted by Crippen LogP contribution is -2.03. The highest BCUT2D eigenvalue weighted by atomic mass is 79.9. The van der Waals surface area contributed by atoms with Gasteiger partial charge in [-0.2, -0.15) is 0 Å². The fourth-order valence-corrected chi connectivity index (χ4v) is 2.67. The molecule has 0 saturated heterocycles. The molecule has 0 fully saturated rings. The highest BCUT2D eigenvalue weighted by Crippen LogP contribution is 2.27. The Morgan fingerprint density at radius 3 is 2.40 bits per heavy atom. The molecule has 4 heteroatoms. The number of alkyl halides is 1. The minimum absolute atomic E-state index is 0.250. The SMILES string of the molecule is CS(=O)(=O)CCCC(Br)c1ccccc1. The molecule has 0 aliphatic carbocycles. The summed E-state index contributed by atoms with van der Waals surface area (Å²) in [4.78, 5) is 0.250. The van der Waals surface area contributed by atoms with E-state index in [4.69, 9.17) is 0 Å². The molecule has 0 radical (unpaired) electrons. The normalized spacial score (nSPS) is 13.7. The molecular weight excluding hydrogens is 276 g/mol. The Kier molecular flexibility index (Phi) is 4.80. The zero-order chi connectivity index (χ0) is 11.3. The van der Waals surface area contributed by atoms with Crippen molar-refractivity contribution < 1.29 is 8.42 Å². The van der Waals surface area contributed by atoms with E-state index in [-0.39, 0.29) is 10.6 Å². The van der Waals surface area contributed by atoms with Crippen LogP contribution in [-0.2, 0) is 9.84 Å². The van der Waals surface area contributed by atoms with Gasteiger partial charge in [0.25, 0.3) is 0 Å². The molecular formula is C11H15BrO2S. The van der Waals surface area contributed by atoms with Gasteiger partial charge in [0.05, 0.1) is 0 Å². The summed E-state index contributed by atoms with van der Waals surface area (Å²) in [5, 5.41) is 0. The number of benzene rings is 1. The summed E-state index contributed by atoms with van der Waals surface area (Å²) in [7, 11) is -2.82. The molecule has 0 amide bonds. The number of sulfone groups is 1. The van der Waals surface area contributed by atoms with Crippen LogP contribution in [-0.4, -0.2) is 20.4 Å². The molecule has 0 saturated carbocycles. The zero-order valence-corrected chi connectivity index (χ0v) is 11.1. The maximum atomic E-state index is 10.9. The summed E-state index contributed by atoms with van der Waals surface area (Å²) in [6, 6.07) is 10.0. The molecule has 0 heterocycles. The van der Waals surface area contributed by atoms with Gasteiger partial charge in [-0.15, -0.1) is 0 Å². The second kappa shape index (κ2) is 5.66. The fourth-order valence-electron chi connectivity index (χ4n) is 1.35. The third kappa shape index (κ3) is 5.33. The molecule has 1 aromatic rings. The monoisotopic (exact) mass is 290 g/mol. The third-order valence-corrected chi connectivity index (χ3v) is 4.15. The van der Waals surface area contributed by atoms with Crippen LogP contribution >= 0.6 is 15.9 Å². The minimum Gasteiger partial charge on any atom is -0.229 e. The van der Waals surface area contributed by atoms with Gasteiger partial charge in [0.1, 0.15) is 9.84 Å². The summed E-state index contributed by atoms with van der Waals surface area (Å²) in [6.07, 6.45) is 2.82. The lowest BCUT2D eigenvalue weighted by Gasteiger charge is -2.09. The molecule has 1 unspecified atom stereocenters. The number of halogens is 1. The minimum atomic E-state index is -2.82. The van der Waals surface area contributed by atoms with Gasteiger partial charge in [-0.25, -0.2) is 8.42 Å². The van der Waals surface area contributed by atoms with Crippen LogP contribution in [0.15, 0.2) is 30.3 Å². The van der Waals surface area contributed by atoms with Crippen molar-refractivity contribution in [3.05, 3.63) is 35.9 Å². The van der Waals surface area contributed by atoms with Crippen molar-refractivity contribution in [2.45, 2.75) is 17.7 Å². The molecule has 1 rings (SSSR count). The van der Waals surface area contributed by atoms with E-state index < -0.39 is 9.84 Å². The average molecular weight is 291 g/mol. The van der Waals surface area contributed by atoms with Crippen molar-refractivity contribution in [1.29, 1.82) is 0 Å². The van der Waals surface area contributed by atoms with E-state index >= 15 is 0 Å². The lowest BCUT2D eigenvalue weighted by molar-refractivity contribution is 0.597. The summed E-state index contributed by atoms with van der Waals surface area (Å²) < 4.78 is 21.9. The molecule has 0 bridgehead atoms. The predicted molar refractivity (Wildman–Crippen MR) is 67.1 cm³/mol. The summed E-state index contributed by atoms with van der Waals surface area (Å²) in [6.45, 7) is 0. The van der Waals surface area contributed by atoms with Gasteiger partial charge >= 0.3 is 0 Å². The van der Waals surface area contributed by atoms with Gasteiger partial charge in [-0.05, 0) is 18.4 Å². The van der Waals surface area contributed by atoms with Gasteiger partial charge in [-0.1, -0.05) is 46.3 Å². The van der Waals surface area contributed by atoms with Crippen molar-refractivity contribution in [3.8, 4) is 0 Å². The van der Waals surface area contributed by atoms with E-state index in [1.165, 1.54) is 11.8 Å². The van der Waals surface area contributed by atoms with Crippen molar-refractivity contribution >= 4 is 25.8 Å². The summed E-state index contributed by atoms with van der Waals surface area (Å²) >= 11 is 3.56. The second-order valence-electron chi connectivity index (χ2n) is 3.65. The van der Waals surface area contributed by atoms with E-state index in [0.29, 0.717) is 6.42 Å². The molecule has 15 heavy (non-hydrogen) atoms. The van der Waals surface area contributed by atoms with E-state index in [2.05, 4.69) is 15.9 Å². The van der Waals surface area contributed by atoms with Gasteiger partial charge < -0.3 is 0 Å². The molecule has 0 N–H and O–H groups in total. The van der Waals surface area contributed by atoms with Gasteiger partial charge in [-0.3, -0.25) is 0 Å². The van der Waals surface area contributed by atoms with Crippen LogP contribution in [0.5, 0.6) is 0 Å². The summed E-state index contributed by atoms with van der Waals surface area (Å²) in [5.41, 5.74) is 1.20. The number of hydrogen-bond donors (Lipinski definition) is 0. The van der Waals surface area contributed by atoms with Crippen LogP contribution in [0.3, 0.4) is 0 Å². The first-order valence-corrected chi connectivity index (χ1v) is 7.83. The van der Waals surface area contributed by atoms with E-state index in [0.717, 1.165) is 6.42 Å². The van der Waals surface area contributed by atoms with E-state index in [1.54, 1.807) is 0 Å². The van der Waals surface area contributed by atoms with Crippen molar-refractivity contribution in [2.24, 2.45) is 0 Å². The molecule has 1 aromatic carbocycles. The Hall–Kier alpha value is -0.350. The first-order valence-electron chi connectivity index (χ1n) is 4.86. The molecule has 2 nitrogen and oxygen atoms in total. The van der Waals surface area contributed by atoms with Crippen LogP contribution in [0.25, 0.3) is 0 Å². The molecule has 84 valence electrons. The highest BCUT2D eigenvalue weighted by Gasteiger charge is 2.08. The predicted octanol–water partition coefficient (Wildman–Crippen LogP) is 2.95. The Bertz CT molecular complexity index is 386. The van der Waals surface area contributed by atoms with Crippen molar-refractivity contribution in [2.75, 3.05) is 12.0 Å². The Morgan fingerprint density at radius 2 is 1.87 bits per heavy atom. The Labute approximate surface area is 99.7 Å². The quantitative estimate of drug-likeness (QED) is 0.782. The largest absolute Gasteiger partial charge is 0.229 e. The smallest absolute Gasteiger partial charge is 0.147 e. The molecule has 0 aliphatic heterocycles. The summed E-state index contributed by atoms with van der Waals surface area (Å²) in [5.74, 6) is 0.266. The van der Waals surface area contributed by atoms with Gasteiger partial charge in [0, 0.05) is 16.8 Å². The number of hydrogen-bond acceptors (Lipinski definition) is 2. The molecule has 0 spiro atoms. The maximum Gasteiger partial charge on any atom is 0.147 e. The standard InChI is InChI=1S/C11H15BrO2S/c1-15(13,14)9-5-8-11(12)10-6-3-2-4-7-10/h2-4,6-7,11H,5,8-9H2,1H3. The van der Waals surface area contributed by atoms with Crippen LogP contribution in [0, 0.1) is 0 Å². The van der Waals surface area contributed by atoms with Crippen molar-refractivity contribution in [1.82, 2.24) is 0 Å². The van der Waals surface area contributed by atoms with E-state index in [1.807, 2.05) is 30.3 Å². The molecule has 0 aromatic heterocycles. The Balaban J connectivity index is 2.41. The molecule has 1 atom stereocenters. The maximum absolute atomic E-state index is 10.9. The molecule has 0 aliphatic rings. The van der Waals surface area contributed by atoms with Gasteiger partial charge in [0.15, 0.2) is 0 Å². The first kappa shape index (κ1) is 12.7.